The van der Waals surface area contributed by atoms with Gasteiger partial charge in [-0.1, -0.05) is 33.8 Å². The molecular weight excluding hydrogens is 338 g/mol. The summed E-state index contributed by atoms with van der Waals surface area (Å²) in [4.78, 5) is 12.5. The standard InChI is InChI=1S/C23H33NO3/c1-7-10-24-21(26)14-8-9-17-16(11-14)20-18(25)12-15(22(2,3)4)13-19(20)27-23(17,5)6/h8,12-13,16-17,25H,7,9-11H2,1-6H3,(H,24,26)/t16-,17-/m1/s1. The van der Waals surface area contributed by atoms with E-state index in [1.54, 1.807) is 0 Å². The molecule has 1 heterocycles. The molecule has 4 nitrogen and oxygen atoms in total. The molecule has 0 saturated carbocycles. The number of amides is 1. The largest absolute Gasteiger partial charge is 0.508 e. The highest BCUT2D eigenvalue weighted by atomic mass is 16.5. The molecule has 4 heteroatoms. The second-order valence-electron chi connectivity index (χ2n) is 9.50. The van der Waals surface area contributed by atoms with Crippen molar-refractivity contribution >= 4 is 5.91 Å². The van der Waals surface area contributed by atoms with E-state index in [9.17, 15) is 9.90 Å². The fourth-order valence-corrected chi connectivity index (χ4v) is 4.37. The summed E-state index contributed by atoms with van der Waals surface area (Å²) in [6, 6.07) is 3.94. The number of fused-ring (bicyclic) bond motifs is 3. The first-order valence-corrected chi connectivity index (χ1v) is 10.1. The summed E-state index contributed by atoms with van der Waals surface area (Å²) in [6.07, 6.45) is 4.41. The molecule has 2 N–H and O–H groups in total. The predicted octanol–water partition coefficient (Wildman–Crippen LogP) is 4.81. The van der Waals surface area contributed by atoms with E-state index in [-0.39, 0.29) is 34.5 Å². The quantitative estimate of drug-likeness (QED) is 0.802. The number of nitrogens with one attached hydrogen (secondary N) is 1. The van der Waals surface area contributed by atoms with Crippen LogP contribution in [0.15, 0.2) is 23.8 Å². The van der Waals surface area contributed by atoms with Crippen molar-refractivity contribution in [1.29, 1.82) is 0 Å². The minimum Gasteiger partial charge on any atom is -0.508 e. The molecule has 0 spiro atoms. The third-order valence-corrected chi connectivity index (χ3v) is 5.99. The maximum atomic E-state index is 12.5. The Balaban J connectivity index is 2.01. The van der Waals surface area contributed by atoms with E-state index >= 15 is 0 Å². The first kappa shape index (κ1) is 19.8. The molecule has 0 fully saturated rings. The molecule has 1 aliphatic heterocycles. The van der Waals surface area contributed by atoms with Gasteiger partial charge in [-0.2, -0.15) is 0 Å². The van der Waals surface area contributed by atoms with E-state index in [2.05, 4.69) is 52.1 Å². The van der Waals surface area contributed by atoms with Crippen LogP contribution >= 0.6 is 0 Å². The molecule has 27 heavy (non-hydrogen) atoms. The van der Waals surface area contributed by atoms with Crippen molar-refractivity contribution in [2.45, 2.75) is 77.7 Å². The Hall–Kier alpha value is -1.97. The number of benzene rings is 1. The van der Waals surface area contributed by atoms with Gasteiger partial charge < -0.3 is 15.2 Å². The van der Waals surface area contributed by atoms with Crippen LogP contribution in [0.2, 0.25) is 0 Å². The number of aromatic hydroxyl groups is 1. The van der Waals surface area contributed by atoms with Crippen molar-refractivity contribution < 1.29 is 14.6 Å². The number of hydrogen-bond donors (Lipinski definition) is 2. The Morgan fingerprint density at radius 1 is 1.33 bits per heavy atom. The fourth-order valence-electron chi connectivity index (χ4n) is 4.37. The smallest absolute Gasteiger partial charge is 0.246 e. The van der Waals surface area contributed by atoms with Gasteiger partial charge in [0.15, 0.2) is 0 Å². The molecule has 0 bridgehead atoms. The van der Waals surface area contributed by atoms with E-state index in [0.29, 0.717) is 13.0 Å². The first-order valence-electron chi connectivity index (χ1n) is 10.1. The second-order valence-corrected chi connectivity index (χ2v) is 9.50. The fraction of sp³-hybridized carbons (Fsp3) is 0.609. The summed E-state index contributed by atoms with van der Waals surface area (Å²) in [5.74, 6) is 1.40. The number of hydrogen-bond acceptors (Lipinski definition) is 3. The zero-order valence-electron chi connectivity index (χ0n) is 17.5. The summed E-state index contributed by atoms with van der Waals surface area (Å²) < 4.78 is 6.38. The molecule has 0 radical (unpaired) electrons. The van der Waals surface area contributed by atoms with Gasteiger partial charge in [0.25, 0.3) is 0 Å². The number of allylic oxidation sites excluding steroid dienone is 1. The van der Waals surface area contributed by atoms with E-state index in [0.717, 1.165) is 35.3 Å². The highest BCUT2D eigenvalue weighted by Gasteiger charge is 2.47. The van der Waals surface area contributed by atoms with Gasteiger partial charge in [-0.05, 0) is 56.2 Å². The van der Waals surface area contributed by atoms with Crippen LogP contribution in [0.3, 0.4) is 0 Å². The number of phenols is 1. The molecular formula is C23H33NO3. The topological polar surface area (TPSA) is 58.6 Å². The zero-order valence-corrected chi connectivity index (χ0v) is 17.5. The molecule has 1 aromatic rings. The minimum absolute atomic E-state index is 0.0203. The number of rotatable bonds is 3. The van der Waals surface area contributed by atoms with Gasteiger partial charge in [0.05, 0.1) is 0 Å². The molecule has 0 aromatic heterocycles. The molecule has 0 saturated heterocycles. The Morgan fingerprint density at radius 3 is 2.67 bits per heavy atom. The third-order valence-electron chi connectivity index (χ3n) is 5.99. The lowest BCUT2D eigenvalue weighted by atomic mass is 9.66. The molecule has 2 aliphatic rings. The van der Waals surface area contributed by atoms with Crippen LogP contribution < -0.4 is 10.1 Å². The van der Waals surface area contributed by atoms with Gasteiger partial charge in [0.1, 0.15) is 17.1 Å². The van der Waals surface area contributed by atoms with Crippen LogP contribution in [-0.2, 0) is 10.2 Å². The SMILES string of the molecule is CCCNC(=O)C1=CC[C@@H]2[C@@H](C1)c1c(O)cc(C(C)(C)C)cc1OC2(C)C. The van der Waals surface area contributed by atoms with Crippen molar-refractivity contribution in [1.82, 2.24) is 5.32 Å². The third kappa shape index (κ3) is 3.71. The maximum Gasteiger partial charge on any atom is 0.246 e. The molecule has 1 amide bonds. The van der Waals surface area contributed by atoms with E-state index < -0.39 is 0 Å². The lowest BCUT2D eigenvalue weighted by molar-refractivity contribution is -0.118. The summed E-state index contributed by atoms with van der Waals surface area (Å²) in [6.45, 7) is 13.4. The highest BCUT2D eigenvalue weighted by molar-refractivity contribution is 5.93. The van der Waals surface area contributed by atoms with Crippen molar-refractivity contribution in [3.63, 3.8) is 0 Å². The van der Waals surface area contributed by atoms with Gasteiger partial charge in [-0.3, -0.25) is 4.79 Å². The molecule has 1 aliphatic carbocycles. The van der Waals surface area contributed by atoms with Crippen LogP contribution in [0.4, 0.5) is 0 Å². The predicted molar refractivity (Wildman–Crippen MR) is 108 cm³/mol. The lowest BCUT2D eigenvalue weighted by Crippen LogP contribution is -2.46. The Bertz CT molecular complexity index is 771. The molecule has 148 valence electrons. The van der Waals surface area contributed by atoms with Crippen molar-refractivity contribution in [2.24, 2.45) is 5.92 Å². The first-order chi connectivity index (χ1) is 12.5. The monoisotopic (exact) mass is 371 g/mol. The summed E-state index contributed by atoms with van der Waals surface area (Å²) in [5, 5.41) is 13.9. The van der Waals surface area contributed by atoms with Crippen LogP contribution in [-0.4, -0.2) is 23.2 Å². The summed E-state index contributed by atoms with van der Waals surface area (Å²) >= 11 is 0. The van der Waals surface area contributed by atoms with E-state index in [1.807, 2.05) is 13.0 Å². The van der Waals surface area contributed by atoms with Crippen LogP contribution in [0.25, 0.3) is 0 Å². The van der Waals surface area contributed by atoms with Crippen molar-refractivity contribution in [3.05, 3.63) is 34.9 Å². The zero-order chi connectivity index (χ0) is 20.0. The van der Waals surface area contributed by atoms with Gasteiger partial charge in [0, 0.05) is 29.5 Å². The number of carbonyl (C=O) groups excluding carboxylic acids is 1. The van der Waals surface area contributed by atoms with Crippen molar-refractivity contribution in [3.8, 4) is 11.5 Å². The molecule has 3 rings (SSSR count). The van der Waals surface area contributed by atoms with Crippen LogP contribution in [0, 0.1) is 5.92 Å². The highest BCUT2D eigenvalue weighted by Crippen LogP contribution is 2.54. The second kappa shape index (κ2) is 6.88. The van der Waals surface area contributed by atoms with Gasteiger partial charge >= 0.3 is 0 Å². The van der Waals surface area contributed by atoms with Crippen molar-refractivity contribution in [2.75, 3.05) is 6.54 Å². The number of carbonyl (C=O) groups is 1. The van der Waals surface area contributed by atoms with E-state index in [1.165, 1.54) is 0 Å². The summed E-state index contributed by atoms with van der Waals surface area (Å²) in [7, 11) is 0. The van der Waals surface area contributed by atoms with E-state index in [4.69, 9.17) is 4.74 Å². The van der Waals surface area contributed by atoms with Gasteiger partial charge in [-0.15, -0.1) is 0 Å². The van der Waals surface area contributed by atoms with Crippen LogP contribution in [0.5, 0.6) is 11.5 Å². The average molecular weight is 372 g/mol. The Morgan fingerprint density at radius 2 is 2.04 bits per heavy atom. The number of phenolic OH excluding ortho intramolecular Hbond substituents is 1. The maximum absolute atomic E-state index is 12.5. The van der Waals surface area contributed by atoms with Gasteiger partial charge in [0.2, 0.25) is 5.91 Å². The normalized spacial score (nSPS) is 23.6. The van der Waals surface area contributed by atoms with Crippen LogP contribution in [0.1, 0.15) is 77.8 Å². The molecule has 2 atom stereocenters. The average Bonchev–Trinajstić information content (AvgIpc) is 2.57. The van der Waals surface area contributed by atoms with Gasteiger partial charge in [-0.25, -0.2) is 0 Å². The molecule has 0 unspecified atom stereocenters. The lowest BCUT2D eigenvalue weighted by Gasteiger charge is -2.47. The Labute approximate surface area is 163 Å². The number of ether oxygens (including phenoxy) is 1. The minimum atomic E-state index is -0.345. The summed E-state index contributed by atoms with van der Waals surface area (Å²) in [5.41, 5.74) is 2.32. The Kier molecular flexibility index (Phi) is 5.04. The molecule has 1 aromatic carbocycles.